The van der Waals surface area contributed by atoms with Crippen molar-refractivity contribution in [1.29, 1.82) is 0 Å². The number of para-hydroxylation sites is 1. The summed E-state index contributed by atoms with van der Waals surface area (Å²) < 4.78 is 0. The van der Waals surface area contributed by atoms with Gasteiger partial charge in [0.05, 0.1) is 6.04 Å². The fourth-order valence-electron chi connectivity index (χ4n) is 5.82. The van der Waals surface area contributed by atoms with Crippen molar-refractivity contribution < 1.29 is 14.4 Å². The summed E-state index contributed by atoms with van der Waals surface area (Å²) in [5.41, 5.74) is 5.47. The predicted octanol–water partition coefficient (Wildman–Crippen LogP) is 4.10. The van der Waals surface area contributed by atoms with Gasteiger partial charge in [0.1, 0.15) is 12.1 Å². The third-order valence-corrected chi connectivity index (χ3v) is 7.71. The number of nitrogens with one attached hydrogen (secondary N) is 3. The highest BCUT2D eigenvalue weighted by Gasteiger charge is 2.49. The third kappa shape index (κ3) is 3.95. The molecule has 3 N–H and O–H groups in total. The van der Waals surface area contributed by atoms with E-state index in [9.17, 15) is 14.4 Å². The Hall–Kier alpha value is -4.39. The van der Waals surface area contributed by atoms with E-state index in [-0.39, 0.29) is 29.7 Å². The minimum absolute atomic E-state index is 0.135. The van der Waals surface area contributed by atoms with Gasteiger partial charge in [-0.2, -0.15) is 0 Å². The summed E-state index contributed by atoms with van der Waals surface area (Å²) >= 11 is 0. The van der Waals surface area contributed by atoms with Crippen LogP contribution in [0.5, 0.6) is 0 Å². The maximum Gasteiger partial charge on any atom is 0.255 e. The Morgan fingerprint density at radius 2 is 1.68 bits per heavy atom. The molecule has 0 saturated carbocycles. The van der Waals surface area contributed by atoms with Crippen LogP contribution in [0.25, 0.3) is 10.9 Å². The fraction of sp³-hybridized carbons (Fsp3) is 0.258. The van der Waals surface area contributed by atoms with E-state index >= 15 is 0 Å². The molecule has 3 atom stereocenters. The van der Waals surface area contributed by atoms with Crippen LogP contribution < -0.4 is 10.6 Å². The average Bonchev–Trinajstić information content (AvgIpc) is 3.46. The zero-order valence-electron chi connectivity index (χ0n) is 21.4. The first kappa shape index (κ1) is 24.0. The van der Waals surface area contributed by atoms with Gasteiger partial charge in [-0.25, -0.2) is 0 Å². The van der Waals surface area contributed by atoms with Gasteiger partial charge in [-0.1, -0.05) is 80.6 Å². The summed E-state index contributed by atoms with van der Waals surface area (Å²) in [5.74, 6) is -0.858. The summed E-state index contributed by atoms with van der Waals surface area (Å²) in [4.78, 5) is 45.9. The maximum absolute atomic E-state index is 13.9. The Morgan fingerprint density at radius 1 is 0.974 bits per heavy atom. The van der Waals surface area contributed by atoms with Crippen molar-refractivity contribution in [3.63, 3.8) is 0 Å². The summed E-state index contributed by atoms with van der Waals surface area (Å²) in [6.07, 6.45) is 0.373. The molecule has 0 fully saturated rings. The van der Waals surface area contributed by atoms with Crippen LogP contribution in [0, 0.1) is 5.92 Å². The summed E-state index contributed by atoms with van der Waals surface area (Å²) in [6.45, 7) is 4.19. The largest absolute Gasteiger partial charge is 0.356 e. The van der Waals surface area contributed by atoms with Gasteiger partial charge in [-0.15, -0.1) is 0 Å². The number of carbonyl (C=O) groups is 3. The lowest BCUT2D eigenvalue weighted by Crippen LogP contribution is -2.57. The van der Waals surface area contributed by atoms with Gasteiger partial charge < -0.3 is 20.5 Å². The van der Waals surface area contributed by atoms with Gasteiger partial charge in [0.2, 0.25) is 11.8 Å². The number of fused-ring (bicyclic) bond motifs is 7. The minimum Gasteiger partial charge on any atom is -0.356 e. The first-order chi connectivity index (χ1) is 18.4. The van der Waals surface area contributed by atoms with Crippen molar-refractivity contribution in [2.45, 2.75) is 44.9 Å². The molecule has 38 heavy (non-hydrogen) atoms. The van der Waals surface area contributed by atoms with Gasteiger partial charge in [-0.05, 0) is 34.7 Å². The molecule has 2 aliphatic heterocycles. The molecule has 0 spiro atoms. The van der Waals surface area contributed by atoms with Crippen molar-refractivity contribution in [3.05, 3.63) is 107 Å². The van der Waals surface area contributed by atoms with E-state index in [4.69, 9.17) is 0 Å². The van der Waals surface area contributed by atoms with Gasteiger partial charge >= 0.3 is 0 Å². The van der Waals surface area contributed by atoms with Crippen LogP contribution >= 0.6 is 0 Å². The monoisotopic (exact) mass is 506 g/mol. The van der Waals surface area contributed by atoms with E-state index in [1.54, 1.807) is 4.90 Å². The lowest BCUT2D eigenvalue weighted by molar-refractivity contribution is -0.133. The number of nitrogens with zero attached hydrogens (tertiary/aromatic N) is 1. The van der Waals surface area contributed by atoms with Crippen LogP contribution in [0.1, 0.15) is 52.6 Å². The van der Waals surface area contributed by atoms with Gasteiger partial charge in [0.25, 0.3) is 5.91 Å². The smallest absolute Gasteiger partial charge is 0.255 e. The van der Waals surface area contributed by atoms with Crippen molar-refractivity contribution in [2.75, 3.05) is 0 Å². The Labute approximate surface area is 221 Å². The molecule has 3 amide bonds. The molecule has 4 aromatic rings. The number of hydrogen-bond donors (Lipinski definition) is 3. The lowest BCUT2D eigenvalue weighted by Gasteiger charge is -2.38. The van der Waals surface area contributed by atoms with E-state index in [1.165, 1.54) is 0 Å². The van der Waals surface area contributed by atoms with E-state index in [0.29, 0.717) is 18.5 Å². The first-order valence-electron chi connectivity index (χ1n) is 13.1. The Bertz CT molecular complexity index is 1540. The van der Waals surface area contributed by atoms with E-state index in [2.05, 4.69) is 15.6 Å². The van der Waals surface area contributed by atoms with E-state index in [0.717, 1.165) is 33.3 Å². The summed E-state index contributed by atoms with van der Waals surface area (Å²) in [5, 5.41) is 7.01. The summed E-state index contributed by atoms with van der Waals surface area (Å²) in [7, 11) is 0. The molecule has 1 aromatic heterocycles. The SMILES string of the molecule is CC(C)[C@H](NC(=O)[C@@H]1Cc2c([nH]c3ccccc23)C2c3ccccc3C(=O)N21)C(=O)NCc1ccccc1. The molecule has 0 bridgehead atoms. The van der Waals surface area contributed by atoms with E-state index in [1.807, 2.05) is 92.7 Å². The van der Waals surface area contributed by atoms with Crippen molar-refractivity contribution in [2.24, 2.45) is 5.92 Å². The number of rotatable bonds is 6. The standard InChI is InChI=1S/C31H30N4O3/c1-18(2)26(30(37)32-17-19-10-4-3-5-11-19)34-29(36)25-16-23-20-12-8-9-15-24(20)33-27(23)28-21-13-6-7-14-22(21)31(38)35(25)28/h3-15,18,25-26,28,33H,16-17H2,1-2H3,(H,32,37)(H,34,36)/t25-,26-,28?/m0/s1. The molecule has 7 nitrogen and oxygen atoms in total. The van der Waals surface area contributed by atoms with Crippen molar-refractivity contribution >= 4 is 28.6 Å². The van der Waals surface area contributed by atoms with Gasteiger partial charge in [-0.3, -0.25) is 14.4 Å². The number of carbonyl (C=O) groups excluding carboxylic acids is 3. The van der Waals surface area contributed by atoms with Crippen molar-refractivity contribution in [3.8, 4) is 0 Å². The van der Waals surface area contributed by atoms with Gasteiger partial charge in [0, 0.05) is 35.1 Å². The van der Waals surface area contributed by atoms with Crippen molar-refractivity contribution in [1.82, 2.24) is 20.5 Å². The normalized spacial score (nSPS) is 18.6. The third-order valence-electron chi connectivity index (χ3n) is 7.71. The zero-order chi connectivity index (χ0) is 26.4. The van der Waals surface area contributed by atoms with Gasteiger partial charge in [0.15, 0.2) is 0 Å². The molecule has 6 rings (SSSR count). The number of aromatic amines is 1. The highest BCUT2D eigenvalue weighted by molar-refractivity contribution is 6.04. The van der Waals surface area contributed by atoms with Crippen LogP contribution in [0.4, 0.5) is 0 Å². The van der Waals surface area contributed by atoms with Crippen LogP contribution in [-0.4, -0.2) is 39.7 Å². The fourth-order valence-corrected chi connectivity index (χ4v) is 5.82. The molecule has 1 unspecified atom stereocenters. The number of H-pyrrole nitrogens is 1. The number of benzene rings is 3. The van der Waals surface area contributed by atoms with Crippen LogP contribution in [0.15, 0.2) is 78.9 Å². The molecule has 0 aliphatic carbocycles. The molecule has 0 saturated heterocycles. The lowest BCUT2D eigenvalue weighted by atomic mass is 9.89. The molecular formula is C31H30N4O3. The Morgan fingerprint density at radius 3 is 2.47 bits per heavy atom. The predicted molar refractivity (Wildman–Crippen MR) is 145 cm³/mol. The molecule has 7 heteroatoms. The number of hydrogen-bond acceptors (Lipinski definition) is 3. The van der Waals surface area contributed by atoms with Crippen LogP contribution in [0.2, 0.25) is 0 Å². The molecule has 0 radical (unpaired) electrons. The Balaban J connectivity index is 1.32. The number of aromatic nitrogens is 1. The zero-order valence-corrected chi connectivity index (χ0v) is 21.4. The summed E-state index contributed by atoms with van der Waals surface area (Å²) in [6, 6.07) is 23.4. The first-order valence-corrected chi connectivity index (χ1v) is 13.1. The van der Waals surface area contributed by atoms with E-state index < -0.39 is 12.1 Å². The number of amides is 3. The second kappa shape index (κ2) is 9.49. The minimum atomic E-state index is -0.741. The highest BCUT2D eigenvalue weighted by Crippen LogP contribution is 2.46. The Kier molecular flexibility index (Phi) is 5.98. The molecule has 192 valence electrons. The topological polar surface area (TPSA) is 94.3 Å². The molecule has 3 heterocycles. The second-order valence-electron chi connectivity index (χ2n) is 10.4. The second-order valence-corrected chi connectivity index (χ2v) is 10.4. The quantitative estimate of drug-likeness (QED) is 0.368. The molecule has 3 aromatic carbocycles. The maximum atomic E-state index is 13.9. The molecular weight excluding hydrogens is 476 g/mol. The highest BCUT2D eigenvalue weighted by atomic mass is 16.2. The molecule has 2 aliphatic rings. The van der Waals surface area contributed by atoms with Crippen LogP contribution in [-0.2, 0) is 22.6 Å². The van der Waals surface area contributed by atoms with Crippen LogP contribution in [0.3, 0.4) is 0 Å². The average molecular weight is 507 g/mol.